The maximum atomic E-state index is 16.6. The minimum atomic E-state index is -3.87. The van der Waals surface area contributed by atoms with Gasteiger partial charge in [-0.2, -0.15) is 0 Å². The molecule has 0 N–H and O–H groups in total. The van der Waals surface area contributed by atoms with E-state index < -0.39 is 21.4 Å². The highest BCUT2D eigenvalue weighted by Crippen LogP contribution is 2.51. The van der Waals surface area contributed by atoms with Crippen LogP contribution >= 0.6 is 21.4 Å². The third kappa shape index (κ3) is 5.39. The highest BCUT2D eigenvalue weighted by molar-refractivity contribution is 7.93. The molecule has 0 bridgehead atoms. The fraction of sp³-hybridized carbons (Fsp3) is 0. The van der Waals surface area contributed by atoms with Crippen molar-refractivity contribution in [1.29, 1.82) is 0 Å². The third-order valence-electron chi connectivity index (χ3n) is 8.72. The number of benzene rings is 7. The average Bonchev–Trinajstić information content (AvgIpc) is 3.18. The van der Waals surface area contributed by atoms with Crippen molar-refractivity contribution in [3.8, 4) is 0 Å². The standard InChI is InChI=1S/C42H33O3P3/c43-46(34-20-6-1-7-21-34,35-22-8-2-9-23-35)39-30-16-18-32-41(39)48(45,38-28-14-5-15-29-38)42-33-19-17-31-40(42)47(44,36-24-10-3-11-25-36)37-26-12-4-13-27-37/h1-33H. The molecule has 0 saturated heterocycles. The summed E-state index contributed by atoms with van der Waals surface area (Å²) in [5, 5.41) is 5.10. The predicted molar refractivity (Wildman–Crippen MR) is 205 cm³/mol. The van der Waals surface area contributed by atoms with Gasteiger partial charge in [-0.05, 0) is 0 Å². The van der Waals surface area contributed by atoms with E-state index in [1.807, 2.05) is 200 Å². The van der Waals surface area contributed by atoms with E-state index in [0.29, 0.717) is 47.7 Å². The lowest BCUT2D eigenvalue weighted by molar-refractivity contribution is 0.589. The summed E-state index contributed by atoms with van der Waals surface area (Å²) in [7, 11) is -11.0. The van der Waals surface area contributed by atoms with Gasteiger partial charge in [-0.25, -0.2) is 0 Å². The summed E-state index contributed by atoms with van der Waals surface area (Å²) in [6.07, 6.45) is 0. The van der Waals surface area contributed by atoms with Gasteiger partial charge in [-0.3, -0.25) is 0 Å². The summed E-state index contributed by atoms with van der Waals surface area (Å²) in [6.45, 7) is 0. The number of hydrogen-bond acceptors (Lipinski definition) is 3. The smallest absolute Gasteiger partial charge is 0.172 e. The second-order valence-corrected chi connectivity index (χ2v) is 19.6. The van der Waals surface area contributed by atoms with Gasteiger partial charge in [0.2, 0.25) is 0 Å². The van der Waals surface area contributed by atoms with E-state index >= 15 is 13.7 Å². The summed E-state index contributed by atoms with van der Waals surface area (Å²) in [4.78, 5) is 0. The average molecular weight is 679 g/mol. The van der Waals surface area contributed by atoms with E-state index in [9.17, 15) is 0 Å². The fourth-order valence-electron chi connectivity index (χ4n) is 6.45. The zero-order valence-electron chi connectivity index (χ0n) is 26.1. The quantitative estimate of drug-likeness (QED) is 0.162. The Morgan fingerprint density at radius 3 is 0.604 bits per heavy atom. The molecule has 0 unspecified atom stereocenters. The van der Waals surface area contributed by atoms with Crippen molar-refractivity contribution in [3.63, 3.8) is 0 Å². The monoisotopic (exact) mass is 678 g/mol. The maximum Gasteiger partial charge on any atom is 0.172 e. The second kappa shape index (κ2) is 13.4. The number of hydrogen-bond donors (Lipinski definition) is 0. The van der Waals surface area contributed by atoms with Crippen molar-refractivity contribution in [2.75, 3.05) is 0 Å². The lowest BCUT2D eigenvalue weighted by atomic mass is 10.3. The Morgan fingerprint density at radius 1 is 0.208 bits per heavy atom. The molecular weight excluding hydrogens is 645 g/mol. The van der Waals surface area contributed by atoms with Crippen LogP contribution in [0.3, 0.4) is 0 Å². The molecule has 3 nitrogen and oxygen atoms in total. The molecule has 0 aliphatic carbocycles. The molecule has 0 radical (unpaired) electrons. The van der Waals surface area contributed by atoms with Crippen LogP contribution in [0.15, 0.2) is 200 Å². The van der Waals surface area contributed by atoms with E-state index in [1.54, 1.807) is 0 Å². The molecule has 234 valence electrons. The predicted octanol–water partition coefficient (Wildman–Crippen LogP) is 6.60. The van der Waals surface area contributed by atoms with E-state index in [0.717, 1.165) is 0 Å². The van der Waals surface area contributed by atoms with Gasteiger partial charge in [0.1, 0.15) is 0 Å². The first kappa shape index (κ1) is 31.8. The summed E-state index contributed by atoms with van der Waals surface area (Å²) >= 11 is 0. The third-order valence-corrected chi connectivity index (χ3v) is 18.5. The Kier molecular flexibility index (Phi) is 8.87. The Morgan fingerprint density at radius 2 is 0.375 bits per heavy atom. The Balaban J connectivity index is 1.60. The molecule has 0 saturated carbocycles. The lowest BCUT2D eigenvalue weighted by Crippen LogP contribution is -2.43. The molecule has 0 aliphatic heterocycles. The molecule has 6 heteroatoms. The van der Waals surface area contributed by atoms with E-state index in [-0.39, 0.29) is 0 Å². The highest BCUT2D eigenvalue weighted by Gasteiger charge is 2.43. The summed E-state index contributed by atoms with van der Waals surface area (Å²) < 4.78 is 48.4. The fourth-order valence-corrected chi connectivity index (χ4v) is 16.4. The maximum absolute atomic E-state index is 16.6. The van der Waals surface area contributed by atoms with Crippen molar-refractivity contribution >= 4 is 69.2 Å². The van der Waals surface area contributed by atoms with Crippen LogP contribution in [0.2, 0.25) is 0 Å². The molecule has 0 spiro atoms. The molecule has 0 fully saturated rings. The number of rotatable bonds is 9. The molecule has 7 rings (SSSR count). The Hall–Kier alpha value is -4.77. The van der Waals surface area contributed by atoms with Crippen LogP contribution in [0, 0.1) is 0 Å². The van der Waals surface area contributed by atoms with Crippen molar-refractivity contribution in [2.24, 2.45) is 0 Å². The zero-order chi connectivity index (χ0) is 33.0. The van der Waals surface area contributed by atoms with Crippen LogP contribution < -0.4 is 47.7 Å². The van der Waals surface area contributed by atoms with Crippen LogP contribution in [0.1, 0.15) is 0 Å². The highest BCUT2D eigenvalue weighted by atomic mass is 31.2. The van der Waals surface area contributed by atoms with Crippen molar-refractivity contribution in [1.82, 2.24) is 0 Å². The molecule has 0 aliphatic rings. The molecule has 7 aromatic rings. The molecular formula is C42H33O3P3. The topological polar surface area (TPSA) is 51.2 Å². The zero-order valence-corrected chi connectivity index (χ0v) is 28.8. The van der Waals surface area contributed by atoms with Crippen LogP contribution in [0.5, 0.6) is 0 Å². The summed E-state index contributed by atoms with van der Waals surface area (Å²) in [6, 6.07) is 61.9. The molecule has 0 atom stereocenters. The first-order valence-electron chi connectivity index (χ1n) is 15.8. The van der Waals surface area contributed by atoms with Gasteiger partial charge in [0.05, 0.1) is 0 Å². The molecule has 48 heavy (non-hydrogen) atoms. The van der Waals surface area contributed by atoms with Gasteiger partial charge < -0.3 is 13.7 Å². The second-order valence-electron chi connectivity index (χ2n) is 11.5. The van der Waals surface area contributed by atoms with Crippen molar-refractivity contribution in [3.05, 3.63) is 200 Å². The van der Waals surface area contributed by atoms with Gasteiger partial charge in [0.15, 0.2) is 21.4 Å². The van der Waals surface area contributed by atoms with Crippen LogP contribution in [-0.2, 0) is 13.7 Å². The van der Waals surface area contributed by atoms with Crippen molar-refractivity contribution < 1.29 is 13.7 Å². The lowest BCUT2D eigenvalue weighted by Gasteiger charge is -2.30. The Bertz CT molecular complexity index is 2080. The first-order valence-corrected chi connectivity index (χ1v) is 20.9. The molecule has 0 heterocycles. The van der Waals surface area contributed by atoms with E-state index in [2.05, 4.69) is 0 Å². The van der Waals surface area contributed by atoms with Crippen LogP contribution in [-0.4, -0.2) is 0 Å². The minimum absolute atomic E-state index is 0.465. The van der Waals surface area contributed by atoms with Gasteiger partial charge in [0.25, 0.3) is 0 Å². The summed E-state index contributed by atoms with van der Waals surface area (Å²) in [5.41, 5.74) is 0. The molecule has 0 aromatic heterocycles. The van der Waals surface area contributed by atoms with Gasteiger partial charge in [-0.15, -0.1) is 0 Å². The largest absolute Gasteiger partial charge is 0.309 e. The van der Waals surface area contributed by atoms with Crippen LogP contribution in [0.25, 0.3) is 0 Å². The van der Waals surface area contributed by atoms with Crippen LogP contribution in [0.4, 0.5) is 0 Å². The Labute approximate surface area is 282 Å². The van der Waals surface area contributed by atoms with Gasteiger partial charge >= 0.3 is 0 Å². The first-order chi connectivity index (χ1) is 23.5. The molecule has 0 amide bonds. The van der Waals surface area contributed by atoms with Gasteiger partial charge in [0, 0.05) is 47.7 Å². The van der Waals surface area contributed by atoms with Gasteiger partial charge in [-0.1, -0.05) is 200 Å². The normalized spacial score (nSPS) is 12.0. The summed E-state index contributed by atoms with van der Waals surface area (Å²) in [5.74, 6) is 0. The molecule has 7 aromatic carbocycles. The SMILES string of the molecule is O=P(c1ccccc1)(c1ccccc1)c1ccccc1P(=O)(c1ccccc1)c1ccccc1P(=O)(c1ccccc1)c1ccccc1. The van der Waals surface area contributed by atoms with E-state index in [1.165, 1.54) is 0 Å². The minimum Gasteiger partial charge on any atom is -0.309 e. The van der Waals surface area contributed by atoms with E-state index in [4.69, 9.17) is 0 Å². The van der Waals surface area contributed by atoms with Crippen molar-refractivity contribution in [2.45, 2.75) is 0 Å².